The van der Waals surface area contributed by atoms with E-state index < -0.39 is 0 Å². The molecule has 0 bridgehead atoms. The van der Waals surface area contributed by atoms with Crippen LogP contribution in [-0.4, -0.2) is 15.2 Å². The maximum Gasteiger partial charge on any atom is 0.183 e. The summed E-state index contributed by atoms with van der Waals surface area (Å²) in [7, 11) is 0. The van der Waals surface area contributed by atoms with Gasteiger partial charge in [0.25, 0.3) is 0 Å². The first-order chi connectivity index (χ1) is 8.83. The molecule has 1 N–H and O–H groups in total. The zero-order chi connectivity index (χ0) is 12.4. The molecule has 3 aromatic rings. The molecular formula is C14H13N3S. The van der Waals surface area contributed by atoms with Crippen molar-refractivity contribution in [1.29, 1.82) is 0 Å². The average molecular weight is 255 g/mol. The minimum Gasteiger partial charge on any atom is -0.254 e. The Morgan fingerprint density at radius 1 is 1.11 bits per heavy atom. The first kappa shape index (κ1) is 11.3. The van der Waals surface area contributed by atoms with Gasteiger partial charge >= 0.3 is 0 Å². The van der Waals surface area contributed by atoms with Crippen LogP contribution in [-0.2, 0) is 0 Å². The Labute approximate surface area is 110 Å². The lowest BCUT2D eigenvalue weighted by molar-refractivity contribution is 0.960. The highest BCUT2D eigenvalue weighted by atomic mass is 32.2. The summed E-state index contributed by atoms with van der Waals surface area (Å²) in [5.74, 6) is 0. The fraction of sp³-hybridized carbons (Fsp3) is 0.143. The number of rotatable bonds is 3. The highest BCUT2D eigenvalue weighted by Crippen LogP contribution is 2.33. The third kappa shape index (κ3) is 2.24. The van der Waals surface area contributed by atoms with E-state index in [1.807, 2.05) is 0 Å². The molecule has 18 heavy (non-hydrogen) atoms. The molecular weight excluding hydrogens is 242 g/mol. The minimum atomic E-state index is 0.350. The summed E-state index contributed by atoms with van der Waals surface area (Å²) in [6.45, 7) is 2.18. The van der Waals surface area contributed by atoms with Crippen molar-refractivity contribution in [2.75, 3.05) is 0 Å². The molecule has 1 aromatic heterocycles. The van der Waals surface area contributed by atoms with E-state index in [1.54, 1.807) is 11.8 Å². The van der Waals surface area contributed by atoms with Gasteiger partial charge in [-0.3, -0.25) is 5.10 Å². The number of hydrogen-bond acceptors (Lipinski definition) is 3. The maximum absolute atomic E-state index is 4.14. The fourth-order valence-corrected chi connectivity index (χ4v) is 2.78. The van der Waals surface area contributed by atoms with Gasteiger partial charge in [0.1, 0.15) is 6.33 Å². The number of nitrogens with one attached hydrogen (secondary N) is 1. The lowest BCUT2D eigenvalue weighted by atomic mass is 10.1. The molecule has 0 fully saturated rings. The van der Waals surface area contributed by atoms with Crippen molar-refractivity contribution in [3.63, 3.8) is 0 Å². The van der Waals surface area contributed by atoms with Crippen LogP contribution in [0.15, 0.2) is 53.9 Å². The zero-order valence-electron chi connectivity index (χ0n) is 10.00. The SMILES string of the molecule is CC(Sc1ncn[nH]1)c1ccc2ccccc2c1. The molecule has 0 aliphatic heterocycles. The summed E-state index contributed by atoms with van der Waals surface area (Å²) in [4.78, 5) is 4.14. The maximum atomic E-state index is 4.14. The van der Waals surface area contributed by atoms with Crippen molar-refractivity contribution in [1.82, 2.24) is 15.2 Å². The van der Waals surface area contributed by atoms with Crippen LogP contribution in [0.4, 0.5) is 0 Å². The standard InChI is InChI=1S/C14H13N3S/c1-10(18-14-15-9-16-17-14)12-7-6-11-4-2-3-5-13(11)8-12/h2-10H,1H3,(H,15,16,17). The number of benzene rings is 2. The molecule has 0 saturated heterocycles. The molecule has 0 aliphatic carbocycles. The van der Waals surface area contributed by atoms with E-state index in [1.165, 1.54) is 22.7 Å². The van der Waals surface area contributed by atoms with Crippen LogP contribution in [0.25, 0.3) is 10.8 Å². The van der Waals surface area contributed by atoms with Gasteiger partial charge in [-0.25, -0.2) is 4.98 Å². The van der Waals surface area contributed by atoms with E-state index in [2.05, 4.69) is 64.6 Å². The second kappa shape index (κ2) is 4.82. The van der Waals surface area contributed by atoms with E-state index in [9.17, 15) is 0 Å². The predicted octanol–water partition coefficient (Wildman–Crippen LogP) is 3.81. The van der Waals surface area contributed by atoms with E-state index in [0.717, 1.165) is 5.16 Å². The Bertz CT molecular complexity index is 649. The normalized spacial score (nSPS) is 12.7. The number of fused-ring (bicyclic) bond motifs is 1. The van der Waals surface area contributed by atoms with Crippen LogP contribution < -0.4 is 0 Å². The van der Waals surface area contributed by atoms with Gasteiger partial charge in [0.15, 0.2) is 5.16 Å². The molecule has 3 nitrogen and oxygen atoms in total. The fourth-order valence-electron chi connectivity index (χ4n) is 1.95. The van der Waals surface area contributed by atoms with Crippen LogP contribution in [0.3, 0.4) is 0 Å². The summed E-state index contributed by atoms with van der Waals surface area (Å²) in [6.07, 6.45) is 1.54. The first-order valence-electron chi connectivity index (χ1n) is 5.83. The van der Waals surface area contributed by atoms with Crippen molar-refractivity contribution in [3.05, 3.63) is 54.4 Å². The van der Waals surface area contributed by atoms with Gasteiger partial charge in [-0.2, -0.15) is 5.10 Å². The number of thioether (sulfide) groups is 1. The third-order valence-electron chi connectivity index (χ3n) is 2.92. The van der Waals surface area contributed by atoms with Crippen molar-refractivity contribution >= 4 is 22.5 Å². The highest BCUT2D eigenvalue weighted by molar-refractivity contribution is 7.99. The van der Waals surface area contributed by atoms with Gasteiger partial charge in [-0.15, -0.1) is 0 Å². The second-order valence-electron chi connectivity index (χ2n) is 4.16. The highest BCUT2D eigenvalue weighted by Gasteiger charge is 2.09. The monoisotopic (exact) mass is 255 g/mol. The summed E-state index contributed by atoms with van der Waals surface area (Å²) < 4.78 is 0. The Kier molecular flexibility index (Phi) is 3.02. The summed E-state index contributed by atoms with van der Waals surface area (Å²) in [6, 6.07) is 15.0. The zero-order valence-corrected chi connectivity index (χ0v) is 10.8. The molecule has 90 valence electrons. The predicted molar refractivity (Wildman–Crippen MR) is 74.6 cm³/mol. The Morgan fingerprint density at radius 2 is 1.94 bits per heavy atom. The van der Waals surface area contributed by atoms with Crippen LogP contribution in [0.5, 0.6) is 0 Å². The molecule has 1 heterocycles. The molecule has 0 radical (unpaired) electrons. The molecule has 1 unspecified atom stereocenters. The van der Waals surface area contributed by atoms with Crippen LogP contribution in [0.2, 0.25) is 0 Å². The van der Waals surface area contributed by atoms with Crippen molar-refractivity contribution < 1.29 is 0 Å². The number of hydrogen-bond donors (Lipinski definition) is 1. The lowest BCUT2D eigenvalue weighted by Crippen LogP contribution is -1.89. The molecule has 2 aromatic carbocycles. The van der Waals surface area contributed by atoms with Gasteiger partial charge < -0.3 is 0 Å². The van der Waals surface area contributed by atoms with Gasteiger partial charge in [0.05, 0.1) is 0 Å². The van der Waals surface area contributed by atoms with E-state index in [4.69, 9.17) is 0 Å². The van der Waals surface area contributed by atoms with E-state index in [-0.39, 0.29) is 0 Å². The van der Waals surface area contributed by atoms with Crippen molar-refractivity contribution in [2.24, 2.45) is 0 Å². The summed E-state index contributed by atoms with van der Waals surface area (Å²) >= 11 is 1.68. The van der Waals surface area contributed by atoms with Gasteiger partial charge in [-0.1, -0.05) is 54.2 Å². The Balaban J connectivity index is 1.89. The van der Waals surface area contributed by atoms with Gasteiger partial charge in [0.2, 0.25) is 0 Å². The van der Waals surface area contributed by atoms with Crippen LogP contribution in [0.1, 0.15) is 17.7 Å². The van der Waals surface area contributed by atoms with Gasteiger partial charge in [0, 0.05) is 5.25 Å². The molecule has 4 heteroatoms. The second-order valence-corrected chi connectivity index (χ2v) is 5.49. The summed E-state index contributed by atoms with van der Waals surface area (Å²) in [5.41, 5.74) is 1.30. The molecule has 1 atom stereocenters. The van der Waals surface area contributed by atoms with Crippen LogP contribution >= 0.6 is 11.8 Å². The Hall–Kier alpha value is -1.81. The Morgan fingerprint density at radius 3 is 2.72 bits per heavy atom. The smallest absolute Gasteiger partial charge is 0.183 e. The molecule has 0 saturated carbocycles. The van der Waals surface area contributed by atoms with Crippen molar-refractivity contribution in [2.45, 2.75) is 17.3 Å². The number of aromatic nitrogens is 3. The lowest BCUT2D eigenvalue weighted by Gasteiger charge is -2.10. The molecule has 0 amide bonds. The topological polar surface area (TPSA) is 41.6 Å². The largest absolute Gasteiger partial charge is 0.254 e. The molecule has 3 rings (SSSR count). The summed E-state index contributed by atoms with van der Waals surface area (Å²) in [5, 5.41) is 10.5. The number of H-pyrrole nitrogens is 1. The average Bonchev–Trinajstić information content (AvgIpc) is 2.91. The number of aromatic amines is 1. The first-order valence-corrected chi connectivity index (χ1v) is 6.71. The molecule has 0 aliphatic rings. The third-order valence-corrected chi connectivity index (χ3v) is 3.97. The number of nitrogens with zero attached hydrogens (tertiary/aromatic N) is 2. The van der Waals surface area contributed by atoms with Gasteiger partial charge in [-0.05, 0) is 23.3 Å². The van der Waals surface area contributed by atoms with E-state index >= 15 is 0 Å². The van der Waals surface area contributed by atoms with E-state index in [0.29, 0.717) is 5.25 Å². The quantitative estimate of drug-likeness (QED) is 0.723. The van der Waals surface area contributed by atoms with Crippen molar-refractivity contribution in [3.8, 4) is 0 Å². The van der Waals surface area contributed by atoms with Crippen LogP contribution in [0, 0.1) is 0 Å². The minimum absolute atomic E-state index is 0.350. The molecule has 0 spiro atoms.